The van der Waals surface area contributed by atoms with Gasteiger partial charge in [-0.15, -0.1) is 0 Å². The van der Waals surface area contributed by atoms with Crippen molar-refractivity contribution in [1.29, 1.82) is 0 Å². The summed E-state index contributed by atoms with van der Waals surface area (Å²) < 4.78 is 0. The van der Waals surface area contributed by atoms with E-state index in [1.807, 2.05) is 12.1 Å². The molecular weight excluding hydrogens is 300 g/mol. The SMILES string of the molecule is OC1CC2CCC(C1)N2c1nc(-c2ccncc2)nc2c1CCC2. The van der Waals surface area contributed by atoms with Crippen LogP contribution in [0.5, 0.6) is 0 Å². The van der Waals surface area contributed by atoms with Crippen molar-refractivity contribution in [2.45, 2.75) is 63.1 Å². The Bertz CT molecular complexity index is 749. The number of piperidine rings is 1. The summed E-state index contributed by atoms with van der Waals surface area (Å²) in [7, 11) is 0. The average Bonchev–Trinajstić information content (AvgIpc) is 3.18. The summed E-state index contributed by atoms with van der Waals surface area (Å²) in [6.07, 6.45) is 10.8. The van der Waals surface area contributed by atoms with E-state index in [9.17, 15) is 5.11 Å². The van der Waals surface area contributed by atoms with Crippen LogP contribution in [0.1, 0.15) is 43.4 Å². The molecule has 0 spiro atoms. The number of nitrogens with zero attached hydrogens (tertiary/aromatic N) is 4. The zero-order valence-electron chi connectivity index (χ0n) is 13.7. The average molecular weight is 322 g/mol. The molecule has 2 unspecified atom stereocenters. The van der Waals surface area contributed by atoms with Gasteiger partial charge in [-0.3, -0.25) is 4.98 Å². The smallest absolute Gasteiger partial charge is 0.161 e. The van der Waals surface area contributed by atoms with Gasteiger partial charge in [0.2, 0.25) is 0 Å². The maximum Gasteiger partial charge on any atom is 0.161 e. The van der Waals surface area contributed by atoms with E-state index in [4.69, 9.17) is 9.97 Å². The second-order valence-corrected chi connectivity index (χ2v) is 7.30. The highest BCUT2D eigenvalue weighted by Gasteiger charge is 2.42. The lowest BCUT2D eigenvalue weighted by molar-refractivity contribution is 0.126. The fourth-order valence-electron chi connectivity index (χ4n) is 4.75. The Balaban J connectivity index is 1.62. The molecule has 2 fully saturated rings. The molecule has 2 aromatic rings. The molecule has 4 heterocycles. The molecule has 0 saturated carbocycles. The number of hydrogen-bond acceptors (Lipinski definition) is 5. The Morgan fingerprint density at radius 2 is 1.75 bits per heavy atom. The normalized spacial score (nSPS) is 28.2. The van der Waals surface area contributed by atoms with Crippen molar-refractivity contribution in [3.63, 3.8) is 0 Å². The number of aromatic nitrogens is 3. The summed E-state index contributed by atoms with van der Waals surface area (Å²) in [5, 5.41) is 10.1. The van der Waals surface area contributed by atoms with Crippen molar-refractivity contribution in [2.75, 3.05) is 4.90 Å². The fraction of sp³-hybridized carbons (Fsp3) is 0.526. The number of anilines is 1. The third-order valence-electron chi connectivity index (χ3n) is 5.80. The molecule has 5 rings (SSSR count). The van der Waals surface area contributed by atoms with Crippen LogP contribution in [0.4, 0.5) is 5.82 Å². The number of aryl methyl sites for hydroxylation is 1. The van der Waals surface area contributed by atoms with Crippen LogP contribution in [0.3, 0.4) is 0 Å². The molecule has 0 radical (unpaired) electrons. The minimum atomic E-state index is -0.145. The van der Waals surface area contributed by atoms with Gasteiger partial charge in [0, 0.05) is 41.3 Å². The molecule has 2 aliphatic heterocycles. The van der Waals surface area contributed by atoms with E-state index in [0.29, 0.717) is 12.1 Å². The van der Waals surface area contributed by atoms with E-state index in [2.05, 4.69) is 9.88 Å². The summed E-state index contributed by atoms with van der Waals surface area (Å²) in [5.74, 6) is 1.96. The van der Waals surface area contributed by atoms with E-state index in [1.165, 1.54) is 30.5 Å². The largest absolute Gasteiger partial charge is 0.393 e. The summed E-state index contributed by atoms with van der Waals surface area (Å²) >= 11 is 0. The van der Waals surface area contributed by atoms with Gasteiger partial charge in [0.05, 0.1) is 6.10 Å². The van der Waals surface area contributed by atoms with Gasteiger partial charge in [0.1, 0.15) is 5.82 Å². The van der Waals surface area contributed by atoms with Gasteiger partial charge in [-0.25, -0.2) is 9.97 Å². The van der Waals surface area contributed by atoms with Crippen molar-refractivity contribution in [3.05, 3.63) is 35.8 Å². The van der Waals surface area contributed by atoms with Crippen LogP contribution in [0.25, 0.3) is 11.4 Å². The lowest BCUT2D eigenvalue weighted by atomic mass is 9.99. The molecule has 0 aromatic carbocycles. The summed E-state index contributed by atoms with van der Waals surface area (Å²) in [6, 6.07) is 4.83. The third kappa shape index (κ3) is 2.22. The first kappa shape index (κ1) is 14.3. The first-order valence-electron chi connectivity index (χ1n) is 9.06. The number of pyridine rings is 1. The first-order valence-corrected chi connectivity index (χ1v) is 9.06. The molecule has 124 valence electrons. The van der Waals surface area contributed by atoms with Crippen LogP contribution in [-0.2, 0) is 12.8 Å². The van der Waals surface area contributed by atoms with Crippen molar-refractivity contribution < 1.29 is 5.11 Å². The molecule has 2 atom stereocenters. The van der Waals surface area contributed by atoms with Crippen molar-refractivity contribution in [1.82, 2.24) is 15.0 Å². The second kappa shape index (κ2) is 5.52. The van der Waals surface area contributed by atoms with Crippen LogP contribution in [-0.4, -0.2) is 38.2 Å². The van der Waals surface area contributed by atoms with Crippen LogP contribution in [0.2, 0.25) is 0 Å². The standard InChI is InChI=1S/C19H22N4O/c24-15-10-13-4-5-14(11-15)23(13)19-16-2-1-3-17(16)21-18(22-19)12-6-8-20-9-7-12/h6-9,13-15,24H,1-5,10-11H2. The Morgan fingerprint density at radius 3 is 2.50 bits per heavy atom. The number of aliphatic hydroxyl groups is 1. The van der Waals surface area contributed by atoms with Gasteiger partial charge in [-0.1, -0.05) is 0 Å². The summed E-state index contributed by atoms with van der Waals surface area (Å²) in [6.45, 7) is 0. The monoisotopic (exact) mass is 322 g/mol. The molecule has 1 aliphatic carbocycles. The van der Waals surface area contributed by atoms with Gasteiger partial charge in [-0.2, -0.15) is 0 Å². The molecular formula is C19H22N4O. The quantitative estimate of drug-likeness (QED) is 0.920. The van der Waals surface area contributed by atoms with E-state index in [0.717, 1.165) is 42.9 Å². The predicted molar refractivity (Wildman–Crippen MR) is 91.8 cm³/mol. The van der Waals surface area contributed by atoms with Crippen molar-refractivity contribution >= 4 is 5.82 Å². The lowest BCUT2D eigenvalue weighted by Crippen LogP contribution is -2.45. The van der Waals surface area contributed by atoms with E-state index >= 15 is 0 Å². The highest BCUT2D eigenvalue weighted by Crippen LogP contribution is 2.42. The molecule has 2 bridgehead atoms. The van der Waals surface area contributed by atoms with Crippen molar-refractivity contribution in [3.8, 4) is 11.4 Å². The van der Waals surface area contributed by atoms with E-state index in [-0.39, 0.29) is 6.10 Å². The van der Waals surface area contributed by atoms with Gasteiger partial charge in [0.25, 0.3) is 0 Å². The number of hydrogen-bond donors (Lipinski definition) is 1. The lowest BCUT2D eigenvalue weighted by Gasteiger charge is -2.39. The Hall–Kier alpha value is -2.01. The first-order chi connectivity index (χ1) is 11.8. The van der Waals surface area contributed by atoms with Gasteiger partial charge in [-0.05, 0) is 57.1 Å². The van der Waals surface area contributed by atoms with Crippen LogP contribution >= 0.6 is 0 Å². The molecule has 1 N–H and O–H groups in total. The summed E-state index contributed by atoms with van der Waals surface area (Å²) in [4.78, 5) is 16.5. The number of rotatable bonds is 2. The third-order valence-corrected chi connectivity index (χ3v) is 5.80. The highest BCUT2D eigenvalue weighted by molar-refractivity contribution is 5.62. The minimum absolute atomic E-state index is 0.145. The molecule has 2 aromatic heterocycles. The molecule has 5 nitrogen and oxygen atoms in total. The molecule has 2 saturated heterocycles. The van der Waals surface area contributed by atoms with Gasteiger partial charge < -0.3 is 10.0 Å². The molecule has 0 amide bonds. The Kier molecular flexibility index (Phi) is 3.30. The van der Waals surface area contributed by atoms with Gasteiger partial charge >= 0.3 is 0 Å². The van der Waals surface area contributed by atoms with Crippen LogP contribution in [0, 0.1) is 0 Å². The second-order valence-electron chi connectivity index (χ2n) is 7.30. The maximum atomic E-state index is 10.1. The van der Waals surface area contributed by atoms with Crippen molar-refractivity contribution in [2.24, 2.45) is 0 Å². The molecule has 3 aliphatic rings. The highest BCUT2D eigenvalue weighted by atomic mass is 16.3. The van der Waals surface area contributed by atoms with Crippen LogP contribution in [0.15, 0.2) is 24.5 Å². The maximum absolute atomic E-state index is 10.1. The van der Waals surface area contributed by atoms with Crippen LogP contribution < -0.4 is 4.90 Å². The van der Waals surface area contributed by atoms with Gasteiger partial charge in [0.15, 0.2) is 5.82 Å². The summed E-state index contributed by atoms with van der Waals surface area (Å²) in [5.41, 5.74) is 3.60. The topological polar surface area (TPSA) is 62.1 Å². The number of fused-ring (bicyclic) bond motifs is 3. The molecule has 5 heteroatoms. The minimum Gasteiger partial charge on any atom is -0.393 e. The Morgan fingerprint density at radius 1 is 1.00 bits per heavy atom. The van der Waals surface area contributed by atoms with E-state index in [1.54, 1.807) is 12.4 Å². The molecule has 24 heavy (non-hydrogen) atoms. The fourth-order valence-corrected chi connectivity index (χ4v) is 4.75. The Labute approximate surface area is 141 Å². The predicted octanol–water partition coefficient (Wildman–Crippen LogP) is 2.52. The zero-order valence-corrected chi connectivity index (χ0v) is 13.7. The van der Waals surface area contributed by atoms with E-state index < -0.39 is 0 Å². The number of aliphatic hydroxyl groups excluding tert-OH is 1. The zero-order chi connectivity index (χ0) is 16.1.